The van der Waals surface area contributed by atoms with Crippen molar-refractivity contribution in [1.82, 2.24) is 25.3 Å². The van der Waals surface area contributed by atoms with Crippen molar-refractivity contribution >= 4 is 11.9 Å². The van der Waals surface area contributed by atoms with Gasteiger partial charge in [0.2, 0.25) is 5.91 Å². The number of carbonyl (C=O) groups is 2. The molecule has 1 saturated heterocycles. The summed E-state index contributed by atoms with van der Waals surface area (Å²) >= 11 is 0. The minimum Gasteiger partial charge on any atom is -0.338 e. The van der Waals surface area contributed by atoms with Gasteiger partial charge < -0.3 is 15.5 Å². The van der Waals surface area contributed by atoms with Crippen molar-refractivity contribution in [3.05, 3.63) is 17.0 Å². The Hall–Kier alpha value is -2.05. The monoisotopic (exact) mass is 319 g/mol. The van der Waals surface area contributed by atoms with E-state index < -0.39 is 0 Å². The Morgan fingerprint density at radius 2 is 2.09 bits per heavy atom. The molecule has 0 radical (unpaired) electrons. The molecule has 2 N–H and O–H groups in total. The van der Waals surface area contributed by atoms with Crippen LogP contribution in [0.25, 0.3) is 0 Å². The number of likely N-dealkylation sites (tertiary alicyclic amines) is 1. The fraction of sp³-hybridized carbons (Fsp3) is 0.688. The summed E-state index contributed by atoms with van der Waals surface area (Å²) < 4.78 is 1.94. The van der Waals surface area contributed by atoms with Crippen molar-refractivity contribution in [3.8, 4) is 0 Å². The van der Waals surface area contributed by atoms with Crippen LogP contribution in [0.4, 0.5) is 4.79 Å². The number of urea groups is 1. The second-order valence-electron chi connectivity index (χ2n) is 6.47. The standard InChI is InChI=1S/C16H25N5O2/c1-4-21-11(3)14(10(2)19-21)8-17-16(23)18-12-7-15(22)20(9-12)13-5-6-13/h12-13H,4-9H2,1-3H3,(H2,17,18,23)/t12-/m1/s1. The molecule has 1 saturated carbocycles. The third kappa shape index (κ3) is 3.33. The lowest BCUT2D eigenvalue weighted by atomic mass is 10.2. The average molecular weight is 319 g/mol. The number of amides is 3. The first-order chi connectivity index (χ1) is 11.0. The predicted octanol–water partition coefficient (Wildman–Crippen LogP) is 1.08. The number of carbonyl (C=O) groups excluding carboxylic acids is 2. The highest BCUT2D eigenvalue weighted by Crippen LogP contribution is 2.30. The fourth-order valence-corrected chi connectivity index (χ4v) is 3.27. The predicted molar refractivity (Wildman–Crippen MR) is 85.9 cm³/mol. The topological polar surface area (TPSA) is 79.3 Å². The lowest BCUT2D eigenvalue weighted by Gasteiger charge is -2.16. The van der Waals surface area contributed by atoms with Crippen LogP contribution in [0, 0.1) is 13.8 Å². The van der Waals surface area contributed by atoms with Gasteiger partial charge in [-0.15, -0.1) is 0 Å². The summed E-state index contributed by atoms with van der Waals surface area (Å²) in [5.41, 5.74) is 3.09. The summed E-state index contributed by atoms with van der Waals surface area (Å²) in [6.45, 7) is 7.93. The highest BCUT2D eigenvalue weighted by Gasteiger charge is 2.39. The molecule has 126 valence electrons. The molecule has 0 unspecified atom stereocenters. The summed E-state index contributed by atoms with van der Waals surface area (Å²) in [6.07, 6.45) is 2.62. The minimum atomic E-state index is -0.219. The average Bonchev–Trinajstić information content (AvgIpc) is 3.23. The van der Waals surface area contributed by atoms with Crippen molar-refractivity contribution < 1.29 is 9.59 Å². The molecule has 0 spiro atoms. The molecule has 1 aromatic rings. The van der Waals surface area contributed by atoms with Gasteiger partial charge in [0.15, 0.2) is 0 Å². The molecule has 2 fully saturated rings. The molecule has 3 rings (SSSR count). The molecule has 1 aromatic heterocycles. The number of aromatic nitrogens is 2. The van der Waals surface area contributed by atoms with E-state index >= 15 is 0 Å². The molecule has 1 atom stereocenters. The van der Waals surface area contributed by atoms with E-state index in [1.54, 1.807) is 0 Å². The fourth-order valence-electron chi connectivity index (χ4n) is 3.27. The molecule has 23 heavy (non-hydrogen) atoms. The molecule has 0 bridgehead atoms. The Kier molecular flexibility index (Phi) is 4.28. The maximum atomic E-state index is 12.1. The number of nitrogens with one attached hydrogen (secondary N) is 2. The summed E-state index contributed by atoms with van der Waals surface area (Å²) in [6, 6.07) is 0.120. The first-order valence-electron chi connectivity index (χ1n) is 8.36. The van der Waals surface area contributed by atoms with Crippen molar-refractivity contribution in [2.45, 2.75) is 65.2 Å². The molecule has 2 heterocycles. The Morgan fingerprint density at radius 1 is 1.35 bits per heavy atom. The molecule has 0 aromatic carbocycles. The van der Waals surface area contributed by atoms with Crippen LogP contribution < -0.4 is 10.6 Å². The third-order valence-electron chi connectivity index (χ3n) is 4.74. The molecule has 1 aliphatic carbocycles. The number of hydrogen-bond acceptors (Lipinski definition) is 3. The van der Waals surface area contributed by atoms with Gasteiger partial charge in [-0.3, -0.25) is 9.48 Å². The molecule has 2 aliphatic rings. The Labute approximate surface area is 136 Å². The van der Waals surface area contributed by atoms with Crippen LogP contribution in [0.15, 0.2) is 0 Å². The number of hydrogen-bond donors (Lipinski definition) is 2. The maximum absolute atomic E-state index is 12.1. The lowest BCUT2D eigenvalue weighted by molar-refractivity contribution is -0.128. The van der Waals surface area contributed by atoms with Crippen LogP contribution in [0.2, 0.25) is 0 Å². The second-order valence-corrected chi connectivity index (χ2v) is 6.47. The highest BCUT2D eigenvalue weighted by atomic mass is 16.2. The maximum Gasteiger partial charge on any atom is 0.315 e. The smallest absolute Gasteiger partial charge is 0.315 e. The minimum absolute atomic E-state index is 0.0799. The third-order valence-corrected chi connectivity index (χ3v) is 4.74. The summed E-state index contributed by atoms with van der Waals surface area (Å²) in [7, 11) is 0. The van der Waals surface area contributed by atoms with Crippen LogP contribution in [-0.2, 0) is 17.9 Å². The Bertz CT molecular complexity index is 620. The van der Waals surface area contributed by atoms with E-state index in [2.05, 4.69) is 15.7 Å². The van der Waals surface area contributed by atoms with Gasteiger partial charge in [-0.2, -0.15) is 5.10 Å². The van der Waals surface area contributed by atoms with Gasteiger partial charge in [0.05, 0.1) is 11.7 Å². The van der Waals surface area contributed by atoms with Crippen LogP contribution in [0.5, 0.6) is 0 Å². The molecule has 7 heteroatoms. The van der Waals surface area contributed by atoms with Gasteiger partial charge in [-0.1, -0.05) is 0 Å². The van der Waals surface area contributed by atoms with Crippen LogP contribution in [0.1, 0.15) is 43.1 Å². The van der Waals surface area contributed by atoms with E-state index in [1.165, 1.54) is 0 Å². The van der Waals surface area contributed by atoms with Gasteiger partial charge in [-0.05, 0) is 33.6 Å². The summed E-state index contributed by atoms with van der Waals surface area (Å²) in [5.74, 6) is 0.161. The number of rotatable bonds is 5. The van der Waals surface area contributed by atoms with Crippen molar-refractivity contribution in [2.24, 2.45) is 0 Å². The number of nitrogens with zero attached hydrogens (tertiary/aromatic N) is 3. The Balaban J connectivity index is 1.50. The van der Waals surface area contributed by atoms with E-state index in [-0.39, 0.29) is 18.0 Å². The summed E-state index contributed by atoms with van der Waals surface area (Å²) in [4.78, 5) is 25.9. The van der Waals surface area contributed by atoms with Crippen molar-refractivity contribution in [1.29, 1.82) is 0 Å². The van der Waals surface area contributed by atoms with E-state index in [0.717, 1.165) is 36.3 Å². The number of aryl methyl sites for hydroxylation is 2. The van der Waals surface area contributed by atoms with Gasteiger partial charge in [-0.25, -0.2) is 4.79 Å². The molecule has 1 aliphatic heterocycles. The zero-order chi connectivity index (χ0) is 16.6. The quantitative estimate of drug-likeness (QED) is 0.852. The zero-order valence-electron chi connectivity index (χ0n) is 14.1. The normalized spacial score (nSPS) is 20.9. The van der Waals surface area contributed by atoms with Crippen molar-refractivity contribution in [2.75, 3.05) is 6.54 Å². The Morgan fingerprint density at radius 3 is 2.70 bits per heavy atom. The van der Waals surface area contributed by atoms with Crippen LogP contribution in [0.3, 0.4) is 0 Å². The lowest BCUT2D eigenvalue weighted by Crippen LogP contribution is -2.43. The van der Waals surface area contributed by atoms with Gasteiger partial charge in [0.25, 0.3) is 0 Å². The van der Waals surface area contributed by atoms with Crippen LogP contribution in [-0.4, -0.2) is 45.2 Å². The van der Waals surface area contributed by atoms with Gasteiger partial charge >= 0.3 is 6.03 Å². The van der Waals surface area contributed by atoms with Crippen LogP contribution >= 0.6 is 0 Å². The molecular weight excluding hydrogens is 294 g/mol. The van der Waals surface area contributed by atoms with E-state index in [9.17, 15) is 9.59 Å². The van der Waals surface area contributed by atoms with Gasteiger partial charge in [0.1, 0.15) is 0 Å². The SMILES string of the molecule is CCn1nc(C)c(CNC(=O)N[C@@H]2CC(=O)N(C3CC3)C2)c1C. The zero-order valence-corrected chi connectivity index (χ0v) is 14.1. The first-order valence-corrected chi connectivity index (χ1v) is 8.36. The van der Waals surface area contributed by atoms with Gasteiger partial charge in [0, 0.05) is 43.4 Å². The van der Waals surface area contributed by atoms with Crippen molar-refractivity contribution in [3.63, 3.8) is 0 Å². The molecule has 3 amide bonds. The highest BCUT2D eigenvalue weighted by molar-refractivity contribution is 5.82. The summed E-state index contributed by atoms with van der Waals surface area (Å²) in [5, 5.41) is 10.2. The van der Waals surface area contributed by atoms with E-state index in [4.69, 9.17) is 0 Å². The molecular formula is C16H25N5O2. The van der Waals surface area contributed by atoms with E-state index in [1.807, 2.05) is 30.4 Å². The second kappa shape index (κ2) is 6.22. The van der Waals surface area contributed by atoms with E-state index in [0.29, 0.717) is 25.6 Å². The largest absolute Gasteiger partial charge is 0.338 e. The molecule has 7 nitrogen and oxygen atoms in total. The first kappa shape index (κ1) is 15.8.